The fraction of sp³-hybridized carbons (Fsp3) is 1.00. The minimum atomic E-state index is 0.755. The Bertz CT molecular complexity index is 71.3. The molecule has 2 nitrogen and oxygen atoms in total. The van der Waals surface area contributed by atoms with E-state index < -0.39 is 0 Å². The van der Waals surface area contributed by atoms with E-state index in [0.717, 1.165) is 32.1 Å². The predicted molar refractivity (Wildman–Crippen MR) is 37.2 cm³/mol. The van der Waals surface area contributed by atoms with Crippen LogP contribution in [0.1, 0.15) is 19.3 Å². The van der Waals surface area contributed by atoms with Crippen molar-refractivity contribution in [2.75, 3.05) is 19.8 Å². The predicted octanol–water partition coefficient (Wildman–Crippen LogP) is 0.762. The highest BCUT2D eigenvalue weighted by atomic mass is 16.5. The molecule has 1 rings (SSSR count). The van der Waals surface area contributed by atoms with Gasteiger partial charge in [-0.1, -0.05) is 0 Å². The van der Waals surface area contributed by atoms with Gasteiger partial charge in [-0.2, -0.15) is 0 Å². The van der Waals surface area contributed by atoms with Gasteiger partial charge in [0, 0.05) is 13.2 Å². The third-order valence-corrected chi connectivity index (χ3v) is 1.54. The maximum Gasteiger partial charge on any atom is 0.0494 e. The van der Waals surface area contributed by atoms with Gasteiger partial charge in [0.25, 0.3) is 0 Å². The first-order valence-electron chi connectivity index (χ1n) is 3.71. The van der Waals surface area contributed by atoms with Crippen molar-refractivity contribution in [1.82, 2.24) is 0 Å². The number of nitrogens with two attached hydrogens (primary N) is 1. The molecule has 0 aromatic rings. The summed E-state index contributed by atoms with van der Waals surface area (Å²) in [5.74, 6) is 0.891. The third-order valence-electron chi connectivity index (χ3n) is 1.54. The molecule has 2 N–H and O–H groups in total. The van der Waals surface area contributed by atoms with Crippen molar-refractivity contribution < 1.29 is 4.74 Å². The average Bonchev–Trinajstić information content (AvgIpc) is 2.63. The summed E-state index contributed by atoms with van der Waals surface area (Å²) >= 11 is 0. The second kappa shape index (κ2) is 3.85. The van der Waals surface area contributed by atoms with Gasteiger partial charge in [-0.05, 0) is 31.7 Å². The van der Waals surface area contributed by atoms with E-state index in [-0.39, 0.29) is 0 Å². The van der Waals surface area contributed by atoms with E-state index in [1.54, 1.807) is 0 Å². The summed E-state index contributed by atoms with van der Waals surface area (Å²) in [6.07, 6.45) is 3.76. The van der Waals surface area contributed by atoms with Crippen LogP contribution in [0, 0.1) is 5.92 Å². The summed E-state index contributed by atoms with van der Waals surface area (Å²) in [5, 5.41) is 0. The average molecular weight is 129 g/mol. The Morgan fingerprint density at radius 1 is 1.44 bits per heavy atom. The molecule has 1 aliphatic carbocycles. The van der Waals surface area contributed by atoms with Gasteiger partial charge in [0.15, 0.2) is 0 Å². The van der Waals surface area contributed by atoms with E-state index in [0.29, 0.717) is 0 Å². The van der Waals surface area contributed by atoms with Crippen molar-refractivity contribution >= 4 is 0 Å². The molecule has 9 heavy (non-hydrogen) atoms. The summed E-state index contributed by atoms with van der Waals surface area (Å²) in [5.41, 5.74) is 5.28. The first-order valence-corrected chi connectivity index (χ1v) is 3.71. The third kappa shape index (κ3) is 3.49. The maximum absolute atomic E-state index is 5.32. The molecule has 0 radical (unpaired) electrons. The van der Waals surface area contributed by atoms with Gasteiger partial charge >= 0.3 is 0 Å². The van der Waals surface area contributed by atoms with Crippen molar-refractivity contribution in [1.29, 1.82) is 0 Å². The van der Waals surface area contributed by atoms with Crippen LogP contribution in [0.15, 0.2) is 0 Å². The molecular weight excluding hydrogens is 114 g/mol. The SMILES string of the molecule is NCCCOCC1CC1. The Morgan fingerprint density at radius 3 is 2.78 bits per heavy atom. The smallest absolute Gasteiger partial charge is 0.0494 e. The lowest BCUT2D eigenvalue weighted by Gasteiger charge is -1.99. The van der Waals surface area contributed by atoms with Crippen LogP contribution in [0.25, 0.3) is 0 Å². The minimum Gasteiger partial charge on any atom is -0.381 e. The first-order chi connectivity index (χ1) is 4.43. The summed E-state index contributed by atoms with van der Waals surface area (Å²) in [6.45, 7) is 2.58. The van der Waals surface area contributed by atoms with Gasteiger partial charge in [-0.3, -0.25) is 0 Å². The zero-order chi connectivity index (χ0) is 6.53. The second-order valence-corrected chi connectivity index (χ2v) is 2.66. The van der Waals surface area contributed by atoms with Gasteiger partial charge in [-0.15, -0.1) is 0 Å². The largest absolute Gasteiger partial charge is 0.381 e. The Kier molecular flexibility index (Phi) is 3.01. The molecule has 54 valence electrons. The van der Waals surface area contributed by atoms with Gasteiger partial charge in [0.2, 0.25) is 0 Å². The van der Waals surface area contributed by atoms with Gasteiger partial charge in [-0.25, -0.2) is 0 Å². The van der Waals surface area contributed by atoms with Crippen molar-refractivity contribution in [2.45, 2.75) is 19.3 Å². The summed E-state index contributed by atoms with van der Waals surface area (Å²) in [6, 6.07) is 0. The standard InChI is InChI=1S/C7H15NO/c8-4-1-5-9-6-7-2-3-7/h7H,1-6,8H2. The van der Waals surface area contributed by atoms with Gasteiger partial charge in [0.1, 0.15) is 0 Å². The summed E-state index contributed by atoms with van der Waals surface area (Å²) < 4.78 is 5.32. The molecule has 0 spiro atoms. The fourth-order valence-electron chi connectivity index (χ4n) is 0.720. The molecular formula is C7H15NO. The Hall–Kier alpha value is -0.0800. The molecule has 1 aliphatic rings. The van der Waals surface area contributed by atoms with E-state index in [4.69, 9.17) is 10.5 Å². The van der Waals surface area contributed by atoms with Crippen molar-refractivity contribution in [3.05, 3.63) is 0 Å². The quantitative estimate of drug-likeness (QED) is 0.556. The van der Waals surface area contributed by atoms with E-state index in [9.17, 15) is 0 Å². The fourth-order valence-corrected chi connectivity index (χ4v) is 0.720. The molecule has 0 aliphatic heterocycles. The van der Waals surface area contributed by atoms with Crippen LogP contribution in [-0.4, -0.2) is 19.8 Å². The molecule has 1 fully saturated rings. The number of hydrogen-bond acceptors (Lipinski definition) is 2. The molecule has 1 saturated carbocycles. The lowest BCUT2D eigenvalue weighted by Crippen LogP contribution is -2.05. The molecule has 0 atom stereocenters. The molecule has 0 aromatic carbocycles. The second-order valence-electron chi connectivity index (χ2n) is 2.66. The molecule has 2 heteroatoms. The lowest BCUT2D eigenvalue weighted by atomic mass is 10.4. The number of ether oxygens (including phenoxy) is 1. The Balaban J connectivity index is 1.71. The zero-order valence-corrected chi connectivity index (χ0v) is 5.81. The molecule has 0 heterocycles. The first kappa shape index (κ1) is 7.03. The van der Waals surface area contributed by atoms with E-state index in [2.05, 4.69) is 0 Å². The summed E-state index contributed by atoms with van der Waals surface area (Å²) in [4.78, 5) is 0. The van der Waals surface area contributed by atoms with Crippen LogP contribution in [0.5, 0.6) is 0 Å². The highest BCUT2D eigenvalue weighted by Gasteiger charge is 2.20. The van der Waals surface area contributed by atoms with Gasteiger partial charge < -0.3 is 10.5 Å². The monoisotopic (exact) mass is 129 g/mol. The topological polar surface area (TPSA) is 35.2 Å². The Morgan fingerprint density at radius 2 is 2.22 bits per heavy atom. The van der Waals surface area contributed by atoms with Crippen LogP contribution in [0.2, 0.25) is 0 Å². The van der Waals surface area contributed by atoms with Crippen LogP contribution in [0.3, 0.4) is 0 Å². The molecule has 0 saturated heterocycles. The maximum atomic E-state index is 5.32. The Labute approximate surface area is 56.4 Å². The van der Waals surface area contributed by atoms with Crippen LogP contribution >= 0.6 is 0 Å². The highest BCUT2D eigenvalue weighted by Crippen LogP contribution is 2.28. The highest BCUT2D eigenvalue weighted by molar-refractivity contribution is 4.71. The van der Waals surface area contributed by atoms with Crippen LogP contribution < -0.4 is 5.73 Å². The zero-order valence-electron chi connectivity index (χ0n) is 5.81. The lowest BCUT2D eigenvalue weighted by molar-refractivity contribution is 0.123. The summed E-state index contributed by atoms with van der Waals surface area (Å²) in [7, 11) is 0. The number of rotatable bonds is 5. The van der Waals surface area contributed by atoms with E-state index >= 15 is 0 Å². The van der Waals surface area contributed by atoms with Crippen LogP contribution in [0.4, 0.5) is 0 Å². The minimum absolute atomic E-state index is 0.755. The van der Waals surface area contributed by atoms with E-state index in [1.807, 2.05) is 0 Å². The van der Waals surface area contributed by atoms with Crippen molar-refractivity contribution in [3.8, 4) is 0 Å². The van der Waals surface area contributed by atoms with Crippen molar-refractivity contribution in [3.63, 3.8) is 0 Å². The molecule has 0 aromatic heterocycles. The van der Waals surface area contributed by atoms with E-state index in [1.165, 1.54) is 12.8 Å². The number of hydrogen-bond donors (Lipinski definition) is 1. The normalized spacial score (nSPS) is 18.3. The molecule has 0 unspecified atom stereocenters. The molecule has 0 bridgehead atoms. The molecule has 0 amide bonds. The van der Waals surface area contributed by atoms with Gasteiger partial charge in [0.05, 0.1) is 0 Å². The van der Waals surface area contributed by atoms with Crippen LogP contribution in [-0.2, 0) is 4.74 Å². The van der Waals surface area contributed by atoms with Crippen molar-refractivity contribution in [2.24, 2.45) is 11.7 Å².